The fourth-order valence-electron chi connectivity index (χ4n) is 3.27. The molecule has 2 rings (SSSR count). The summed E-state index contributed by atoms with van der Waals surface area (Å²) in [7, 11) is 1.65. The lowest BCUT2D eigenvalue weighted by Crippen LogP contribution is -2.51. The highest BCUT2D eigenvalue weighted by molar-refractivity contribution is 5.79. The lowest BCUT2D eigenvalue weighted by Gasteiger charge is -2.36. The Kier molecular flexibility index (Phi) is 6.25. The Balaban J connectivity index is 2.15. The molecule has 0 bridgehead atoms. The van der Waals surface area contributed by atoms with Crippen molar-refractivity contribution in [3.8, 4) is 5.75 Å². The summed E-state index contributed by atoms with van der Waals surface area (Å²) in [6, 6.07) is 8.14. The van der Waals surface area contributed by atoms with Crippen LogP contribution in [0.5, 0.6) is 5.75 Å². The van der Waals surface area contributed by atoms with Gasteiger partial charge in [0, 0.05) is 6.04 Å². The van der Waals surface area contributed by atoms with Gasteiger partial charge in [-0.1, -0.05) is 26.0 Å². The first-order valence-electron chi connectivity index (χ1n) is 8.37. The fraction of sp³-hybridized carbons (Fsp3) is 0.611. The number of nitrogens with zero attached hydrogens (tertiary/aromatic N) is 1. The van der Waals surface area contributed by atoms with Gasteiger partial charge in [0.25, 0.3) is 0 Å². The molecule has 0 aromatic heterocycles. The van der Waals surface area contributed by atoms with Gasteiger partial charge in [-0.15, -0.1) is 0 Å². The Morgan fingerprint density at radius 1 is 1.36 bits per heavy atom. The number of benzene rings is 1. The third kappa shape index (κ3) is 4.01. The molecule has 2 atom stereocenters. The molecule has 1 fully saturated rings. The van der Waals surface area contributed by atoms with Gasteiger partial charge in [0.15, 0.2) is 0 Å². The predicted molar refractivity (Wildman–Crippen MR) is 88.9 cm³/mol. The van der Waals surface area contributed by atoms with Crippen LogP contribution in [0.25, 0.3) is 0 Å². The molecular weight excluding hydrogens is 276 g/mol. The van der Waals surface area contributed by atoms with Crippen molar-refractivity contribution in [2.75, 3.05) is 13.7 Å². The van der Waals surface area contributed by atoms with Gasteiger partial charge in [-0.25, -0.2) is 0 Å². The molecule has 4 nitrogen and oxygen atoms in total. The maximum absolute atomic E-state index is 12.9. The minimum Gasteiger partial charge on any atom is -0.497 e. The monoisotopic (exact) mass is 304 g/mol. The van der Waals surface area contributed by atoms with E-state index in [9.17, 15) is 4.79 Å². The summed E-state index contributed by atoms with van der Waals surface area (Å²) in [5.41, 5.74) is 1.01. The van der Waals surface area contributed by atoms with E-state index in [0.29, 0.717) is 12.5 Å². The number of carbonyl (C=O) groups excluding carboxylic acids is 1. The van der Waals surface area contributed by atoms with Gasteiger partial charge in [-0.05, 0) is 49.9 Å². The van der Waals surface area contributed by atoms with E-state index in [1.165, 1.54) is 0 Å². The zero-order valence-corrected chi connectivity index (χ0v) is 14.0. The quantitative estimate of drug-likeness (QED) is 0.909. The largest absolute Gasteiger partial charge is 0.497 e. The molecule has 1 aliphatic heterocycles. The molecule has 1 saturated heterocycles. The second kappa shape index (κ2) is 8.18. The van der Waals surface area contributed by atoms with Crippen LogP contribution in [-0.2, 0) is 11.2 Å². The van der Waals surface area contributed by atoms with Crippen LogP contribution in [0.1, 0.15) is 45.1 Å². The average Bonchev–Trinajstić information content (AvgIpc) is 2.76. The maximum Gasteiger partial charge on any atom is 0.228 e. The average molecular weight is 304 g/mol. The summed E-state index contributed by atoms with van der Waals surface area (Å²) >= 11 is 0. The number of rotatable bonds is 5. The van der Waals surface area contributed by atoms with Crippen LogP contribution in [-0.4, -0.2) is 36.7 Å². The Hall–Kier alpha value is -1.55. The first-order chi connectivity index (χ1) is 10.7. The normalized spacial score (nSPS) is 22.2. The predicted octanol–water partition coefficient (Wildman–Crippen LogP) is 2.96. The molecule has 0 spiro atoms. The molecular formula is C18H28N2O2. The van der Waals surface area contributed by atoms with E-state index in [2.05, 4.69) is 24.1 Å². The first kappa shape index (κ1) is 16.8. The highest BCUT2D eigenvalue weighted by Gasteiger charge is 2.30. The van der Waals surface area contributed by atoms with Crippen molar-refractivity contribution < 1.29 is 9.53 Å². The number of amides is 1. The number of ether oxygens (including phenoxy) is 1. The maximum atomic E-state index is 12.9. The van der Waals surface area contributed by atoms with Crippen LogP contribution in [0.4, 0.5) is 0 Å². The summed E-state index contributed by atoms with van der Waals surface area (Å²) in [4.78, 5) is 15.0. The van der Waals surface area contributed by atoms with Crippen molar-refractivity contribution >= 4 is 5.91 Å². The van der Waals surface area contributed by atoms with Crippen molar-refractivity contribution in [1.29, 1.82) is 0 Å². The molecule has 0 aliphatic carbocycles. The summed E-state index contributed by atoms with van der Waals surface area (Å²) in [5.74, 6) is 1.01. The van der Waals surface area contributed by atoms with Crippen LogP contribution in [0.2, 0.25) is 0 Å². The zero-order chi connectivity index (χ0) is 15.9. The summed E-state index contributed by atoms with van der Waals surface area (Å²) < 4.78 is 5.25. The van der Waals surface area contributed by atoms with Crippen molar-refractivity contribution in [2.24, 2.45) is 0 Å². The Bertz CT molecular complexity index is 476. The summed E-state index contributed by atoms with van der Waals surface area (Å²) in [6.07, 6.45) is 4.78. The van der Waals surface area contributed by atoms with Crippen LogP contribution in [0.15, 0.2) is 24.3 Å². The highest BCUT2D eigenvalue weighted by atomic mass is 16.5. The standard InChI is InChI=1S/C18H28N2O2/c1-4-15-9-7-11-19-17(5-2)20(15)18(21)13-14-8-6-10-16(12-14)22-3/h6,8,10,12,15,17,19H,4-5,7,9,11,13H2,1-3H3. The van der Waals surface area contributed by atoms with Gasteiger partial charge in [0.05, 0.1) is 19.7 Å². The molecule has 1 aliphatic rings. The molecule has 1 aromatic rings. The number of methoxy groups -OCH3 is 1. The van der Waals surface area contributed by atoms with Crippen LogP contribution in [0, 0.1) is 0 Å². The lowest BCUT2D eigenvalue weighted by molar-refractivity contribution is -0.136. The molecule has 1 heterocycles. The third-order valence-corrected chi connectivity index (χ3v) is 4.46. The van der Waals surface area contributed by atoms with Gasteiger partial charge < -0.3 is 9.64 Å². The number of nitrogens with one attached hydrogen (secondary N) is 1. The number of hydrogen-bond donors (Lipinski definition) is 1. The van der Waals surface area contributed by atoms with Gasteiger partial charge >= 0.3 is 0 Å². The minimum absolute atomic E-state index is 0.158. The summed E-state index contributed by atoms with van der Waals surface area (Å²) in [5, 5.41) is 3.52. The topological polar surface area (TPSA) is 41.6 Å². The fourth-order valence-corrected chi connectivity index (χ4v) is 3.27. The van der Waals surface area contributed by atoms with Gasteiger partial charge in [-0.2, -0.15) is 0 Å². The molecule has 2 unspecified atom stereocenters. The molecule has 22 heavy (non-hydrogen) atoms. The summed E-state index contributed by atoms with van der Waals surface area (Å²) in [6.45, 7) is 5.31. The van der Waals surface area contributed by atoms with Crippen LogP contribution in [0.3, 0.4) is 0 Å². The molecule has 1 aromatic carbocycles. The second-order valence-electron chi connectivity index (χ2n) is 5.91. The molecule has 1 amide bonds. The van der Waals surface area contributed by atoms with E-state index < -0.39 is 0 Å². The van der Waals surface area contributed by atoms with Crippen LogP contribution >= 0.6 is 0 Å². The van der Waals surface area contributed by atoms with E-state index in [0.717, 1.165) is 43.5 Å². The van der Waals surface area contributed by atoms with Gasteiger partial charge in [-0.3, -0.25) is 10.1 Å². The van der Waals surface area contributed by atoms with E-state index >= 15 is 0 Å². The van der Waals surface area contributed by atoms with Crippen molar-refractivity contribution in [3.63, 3.8) is 0 Å². The Labute approximate surface area is 133 Å². The smallest absolute Gasteiger partial charge is 0.228 e. The van der Waals surface area contributed by atoms with E-state index in [1.807, 2.05) is 24.3 Å². The van der Waals surface area contributed by atoms with E-state index in [1.54, 1.807) is 7.11 Å². The zero-order valence-electron chi connectivity index (χ0n) is 14.0. The van der Waals surface area contributed by atoms with Gasteiger partial charge in [0.1, 0.15) is 5.75 Å². The van der Waals surface area contributed by atoms with Crippen LogP contribution < -0.4 is 10.1 Å². The Morgan fingerprint density at radius 2 is 2.18 bits per heavy atom. The second-order valence-corrected chi connectivity index (χ2v) is 5.91. The minimum atomic E-state index is 0.158. The number of hydrogen-bond acceptors (Lipinski definition) is 3. The Morgan fingerprint density at radius 3 is 2.86 bits per heavy atom. The highest BCUT2D eigenvalue weighted by Crippen LogP contribution is 2.21. The van der Waals surface area contributed by atoms with E-state index in [4.69, 9.17) is 4.74 Å². The molecule has 122 valence electrons. The van der Waals surface area contributed by atoms with Crippen molar-refractivity contribution in [1.82, 2.24) is 10.2 Å². The van der Waals surface area contributed by atoms with Crippen molar-refractivity contribution in [2.45, 2.75) is 58.2 Å². The number of carbonyl (C=O) groups is 1. The third-order valence-electron chi connectivity index (χ3n) is 4.46. The van der Waals surface area contributed by atoms with Crippen molar-refractivity contribution in [3.05, 3.63) is 29.8 Å². The SMILES string of the molecule is CCC1CCCNC(CC)N1C(=O)Cc1cccc(OC)c1. The molecule has 0 saturated carbocycles. The molecule has 4 heteroatoms. The molecule has 0 radical (unpaired) electrons. The van der Waals surface area contributed by atoms with E-state index in [-0.39, 0.29) is 12.1 Å². The molecule has 1 N–H and O–H groups in total. The lowest BCUT2D eigenvalue weighted by atomic mass is 10.0. The van der Waals surface area contributed by atoms with Gasteiger partial charge in [0.2, 0.25) is 5.91 Å². The first-order valence-corrected chi connectivity index (χ1v) is 8.37.